The molecule has 1 aromatic carbocycles. The predicted octanol–water partition coefficient (Wildman–Crippen LogP) is 3.34. The lowest BCUT2D eigenvalue weighted by atomic mass is 10.0. The van der Waals surface area contributed by atoms with Gasteiger partial charge in [0, 0.05) is 26.1 Å². The second kappa shape index (κ2) is 8.34. The summed E-state index contributed by atoms with van der Waals surface area (Å²) in [7, 11) is 0. The van der Waals surface area contributed by atoms with E-state index in [0.717, 1.165) is 24.1 Å². The minimum Gasteiger partial charge on any atom is -0.337 e. The van der Waals surface area contributed by atoms with E-state index in [1.807, 2.05) is 4.90 Å². The van der Waals surface area contributed by atoms with Crippen molar-refractivity contribution in [1.29, 1.82) is 0 Å². The number of carbonyl (C=O) groups is 2. The van der Waals surface area contributed by atoms with E-state index in [4.69, 9.17) is 0 Å². The maximum atomic E-state index is 12.8. The molecule has 0 aliphatic carbocycles. The molecule has 2 unspecified atom stereocenters. The highest BCUT2D eigenvalue weighted by Crippen LogP contribution is 2.30. The molecule has 2 aliphatic rings. The first kappa shape index (κ1) is 21.6. The predicted molar refractivity (Wildman–Crippen MR) is 103 cm³/mol. The molecule has 0 radical (unpaired) electrons. The van der Waals surface area contributed by atoms with E-state index in [9.17, 15) is 22.8 Å². The Hall–Kier alpha value is -2.09. The number of carbonyl (C=O) groups excluding carboxylic acids is 2. The van der Waals surface area contributed by atoms with Crippen LogP contribution in [0.3, 0.4) is 0 Å². The fourth-order valence-corrected chi connectivity index (χ4v) is 4.10. The molecule has 0 bridgehead atoms. The zero-order valence-electron chi connectivity index (χ0n) is 17.1. The molecule has 0 aromatic heterocycles. The molecule has 2 aliphatic heterocycles. The van der Waals surface area contributed by atoms with E-state index in [1.165, 1.54) is 12.1 Å². The van der Waals surface area contributed by atoms with Gasteiger partial charge < -0.3 is 9.80 Å². The Morgan fingerprint density at radius 1 is 1.17 bits per heavy atom. The highest BCUT2D eigenvalue weighted by Gasteiger charge is 2.45. The van der Waals surface area contributed by atoms with Crippen molar-refractivity contribution < 1.29 is 22.8 Å². The summed E-state index contributed by atoms with van der Waals surface area (Å²) in [5, 5.41) is 0. The summed E-state index contributed by atoms with van der Waals surface area (Å²) < 4.78 is 38.4. The highest BCUT2D eigenvalue weighted by atomic mass is 19.4. The van der Waals surface area contributed by atoms with Gasteiger partial charge in [0.1, 0.15) is 12.2 Å². The van der Waals surface area contributed by atoms with E-state index >= 15 is 0 Å². The Morgan fingerprint density at radius 2 is 1.83 bits per heavy atom. The topological polar surface area (TPSA) is 43.9 Å². The molecule has 2 amide bonds. The van der Waals surface area contributed by atoms with Gasteiger partial charge in [-0.25, -0.2) is 0 Å². The van der Waals surface area contributed by atoms with Gasteiger partial charge in [0.15, 0.2) is 0 Å². The zero-order chi connectivity index (χ0) is 21.3. The molecule has 0 spiro atoms. The Morgan fingerprint density at radius 3 is 2.41 bits per heavy atom. The SMILES string of the molecule is CCC(C)CN1CC2N(Cc3ccc(C(F)(F)F)cc3)CCC(=O)N2[C@H](C)C1=O. The number of halogens is 3. The van der Waals surface area contributed by atoms with Gasteiger partial charge in [0.2, 0.25) is 11.8 Å². The summed E-state index contributed by atoms with van der Waals surface area (Å²) in [5.74, 6) is 0.286. The number of alkyl halides is 3. The van der Waals surface area contributed by atoms with Crippen molar-refractivity contribution in [3.63, 3.8) is 0 Å². The first-order chi connectivity index (χ1) is 13.6. The maximum absolute atomic E-state index is 12.8. The second-order valence-corrected chi connectivity index (χ2v) is 8.13. The first-order valence-corrected chi connectivity index (χ1v) is 10.1. The molecule has 1 aromatic rings. The van der Waals surface area contributed by atoms with Crippen LogP contribution in [0.15, 0.2) is 24.3 Å². The van der Waals surface area contributed by atoms with Gasteiger partial charge in [-0.05, 0) is 30.5 Å². The van der Waals surface area contributed by atoms with E-state index < -0.39 is 17.8 Å². The number of amides is 2. The Labute approximate surface area is 169 Å². The van der Waals surface area contributed by atoms with Crippen LogP contribution < -0.4 is 0 Å². The molecule has 160 valence electrons. The number of benzene rings is 1. The summed E-state index contributed by atoms with van der Waals surface area (Å²) in [6.07, 6.45) is -3.35. The lowest BCUT2D eigenvalue weighted by molar-refractivity contribution is -0.169. The number of nitrogens with zero attached hydrogens (tertiary/aromatic N) is 3. The second-order valence-electron chi connectivity index (χ2n) is 8.13. The summed E-state index contributed by atoms with van der Waals surface area (Å²) >= 11 is 0. The van der Waals surface area contributed by atoms with Crippen LogP contribution in [0.25, 0.3) is 0 Å². The molecular weight excluding hydrogens is 383 g/mol. The average molecular weight is 411 g/mol. The molecule has 29 heavy (non-hydrogen) atoms. The van der Waals surface area contributed by atoms with E-state index in [0.29, 0.717) is 38.5 Å². The highest BCUT2D eigenvalue weighted by molar-refractivity contribution is 5.89. The molecule has 0 N–H and O–H groups in total. The molecule has 8 heteroatoms. The van der Waals surface area contributed by atoms with Crippen LogP contribution in [-0.2, 0) is 22.3 Å². The van der Waals surface area contributed by atoms with Crippen molar-refractivity contribution in [2.24, 2.45) is 5.92 Å². The first-order valence-electron chi connectivity index (χ1n) is 10.1. The van der Waals surface area contributed by atoms with Gasteiger partial charge in [-0.1, -0.05) is 32.4 Å². The molecule has 2 heterocycles. The number of piperazine rings is 1. The van der Waals surface area contributed by atoms with Gasteiger partial charge in [0.25, 0.3) is 0 Å². The monoisotopic (exact) mass is 411 g/mol. The average Bonchev–Trinajstić information content (AvgIpc) is 2.67. The zero-order valence-corrected chi connectivity index (χ0v) is 17.1. The molecule has 3 atom stereocenters. The molecule has 3 rings (SSSR count). The van der Waals surface area contributed by atoms with E-state index in [2.05, 4.69) is 18.7 Å². The van der Waals surface area contributed by atoms with Gasteiger partial charge in [-0.3, -0.25) is 14.5 Å². The van der Waals surface area contributed by atoms with Crippen molar-refractivity contribution in [2.45, 2.75) is 58.5 Å². The fourth-order valence-electron chi connectivity index (χ4n) is 4.10. The van der Waals surface area contributed by atoms with Crippen LogP contribution in [0, 0.1) is 5.92 Å². The molecule has 5 nitrogen and oxygen atoms in total. The third-order valence-electron chi connectivity index (χ3n) is 6.01. The van der Waals surface area contributed by atoms with Crippen LogP contribution in [0.4, 0.5) is 13.2 Å². The lowest BCUT2D eigenvalue weighted by Gasteiger charge is -2.52. The maximum Gasteiger partial charge on any atom is 0.416 e. The summed E-state index contributed by atoms with van der Waals surface area (Å²) in [5.41, 5.74) is 0.0821. The summed E-state index contributed by atoms with van der Waals surface area (Å²) in [6.45, 7) is 7.97. The van der Waals surface area contributed by atoms with Crippen LogP contribution in [0.1, 0.15) is 44.7 Å². The smallest absolute Gasteiger partial charge is 0.337 e. The quantitative estimate of drug-likeness (QED) is 0.747. The lowest BCUT2D eigenvalue weighted by Crippen LogP contribution is -2.69. The summed E-state index contributed by atoms with van der Waals surface area (Å²) in [6, 6.07) is 4.62. The van der Waals surface area contributed by atoms with Crippen molar-refractivity contribution >= 4 is 11.8 Å². The van der Waals surface area contributed by atoms with Gasteiger partial charge >= 0.3 is 6.18 Å². The van der Waals surface area contributed by atoms with Crippen LogP contribution >= 0.6 is 0 Å². The number of hydrogen-bond donors (Lipinski definition) is 0. The van der Waals surface area contributed by atoms with Crippen LogP contribution in [0.2, 0.25) is 0 Å². The van der Waals surface area contributed by atoms with Crippen molar-refractivity contribution in [2.75, 3.05) is 19.6 Å². The Bertz CT molecular complexity index is 751. The number of fused-ring (bicyclic) bond motifs is 1. The Kier molecular flexibility index (Phi) is 6.22. The van der Waals surface area contributed by atoms with Gasteiger partial charge in [-0.15, -0.1) is 0 Å². The van der Waals surface area contributed by atoms with Gasteiger partial charge in [0.05, 0.1) is 12.1 Å². The molecule has 2 fully saturated rings. The van der Waals surface area contributed by atoms with E-state index in [1.54, 1.807) is 11.8 Å². The normalized spacial score (nSPS) is 24.6. The molecule has 2 saturated heterocycles. The molecular formula is C21H28F3N3O2. The van der Waals surface area contributed by atoms with E-state index in [-0.39, 0.29) is 18.0 Å². The minimum atomic E-state index is -4.36. The largest absolute Gasteiger partial charge is 0.416 e. The third kappa shape index (κ3) is 4.57. The van der Waals surface area contributed by atoms with Gasteiger partial charge in [-0.2, -0.15) is 13.2 Å². The standard InChI is InChI=1S/C21H28F3N3O2/c1-4-14(2)11-26-13-18-25(10-9-19(28)27(18)15(3)20(26)29)12-16-5-7-17(8-6-16)21(22,23)24/h5-8,14-15,18H,4,9-13H2,1-3H3/t14?,15-,18?/m1/s1. The Balaban J connectivity index is 1.79. The van der Waals surface area contributed by atoms with Crippen molar-refractivity contribution in [1.82, 2.24) is 14.7 Å². The van der Waals surface area contributed by atoms with Crippen LogP contribution in [0.5, 0.6) is 0 Å². The van der Waals surface area contributed by atoms with Crippen molar-refractivity contribution in [3.05, 3.63) is 35.4 Å². The molecule has 0 saturated carbocycles. The number of hydrogen-bond acceptors (Lipinski definition) is 3. The minimum absolute atomic E-state index is 0.0359. The number of rotatable bonds is 5. The fraction of sp³-hybridized carbons (Fsp3) is 0.619. The summed E-state index contributed by atoms with van der Waals surface area (Å²) in [4.78, 5) is 30.9. The van der Waals surface area contributed by atoms with Crippen LogP contribution in [-0.4, -0.2) is 58.4 Å². The van der Waals surface area contributed by atoms with Crippen molar-refractivity contribution in [3.8, 4) is 0 Å². The third-order valence-corrected chi connectivity index (χ3v) is 6.01.